The highest BCUT2D eigenvalue weighted by molar-refractivity contribution is 9.10. The van der Waals surface area contributed by atoms with Crippen molar-refractivity contribution in [1.82, 2.24) is 0 Å². The molecule has 0 heterocycles. The minimum atomic E-state index is -4.77. The van der Waals surface area contributed by atoms with Gasteiger partial charge in [0.2, 0.25) is 0 Å². The Kier molecular flexibility index (Phi) is 4.30. The van der Waals surface area contributed by atoms with Gasteiger partial charge in [-0.3, -0.25) is 10.1 Å². The number of carboxylic acids is 1. The summed E-state index contributed by atoms with van der Waals surface area (Å²) in [5.74, 6) is -1.38. The molecule has 0 bridgehead atoms. The fraction of sp³-hybridized carbons (Fsp3) is 0.100. The number of nitrogens with zero attached hydrogens (tertiary/aromatic N) is 1. The summed E-state index contributed by atoms with van der Waals surface area (Å²) < 4.78 is 37.5. The van der Waals surface area contributed by atoms with Crippen molar-refractivity contribution >= 4 is 33.7 Å². The lowest BCUT2D eigenvalue weighted by Gasteiger charge is -2.09. The maximum absolute atomic E-state index is 12.6. The Morgan fingerprint density at radius 2 is 2.00 bits per heavy atom. The van der Waals surface area contributed by atoms with Gasteiger partial charge in [-0.25, -0.2) is 4.79 Å². The first-order chi connectivity index (χ1) is 8.62. The van der Waals surface area contributed by atoms with E-state index in [9.17, 15) is 28.1 Å². The molecule has 0 aliphatic carbocycles. The Bertz CT molecular complexity index is 569. The maximum Gasteiger partial charge on any atom is 0.416 e. The van der Waals surface area contributed by atoms with E-state index in [1.807, 2.05) is 0 Å². The Labute approximate surface area is 112 Å². The fourth-order valence-corrected chi connectivity index (χ4v) is 1.72. The highest BCUT2D eigenvalue weighted by Crippen LogP contribution is 2.37. The van der Waals surface area contributed by atoms with Crippen molar-refractivity contribution in [2.24, 2.45) is 0 Å². The summed E-state index contributed by atoms with van der Waals surface area (Å²) >= 11 is 2.78. The first-order valence-electron chi connectivity index (χ1n) is 4.59. The van der Waals surface area contributed by atoms with Gasteiger partial charge in [-0.1, -0.05) is 0 Å². The van der Waals surface area contributed by atoms with Crippen molar-refractivity contribution in [2.75, 3.05) is 0 Å². The minimum absolute atomic E-state index is 0.219. The fourth-order valence-electron chi connectivity index (χ4n) is 1.21. The molecular weight excluding hydrogens is 335 g/mol. The molecule has 1 N–H and O–H groups in total. The zero-order chi connectivity index (χ0) is 14.8. The third-order valence-electron chi connectivity index (χ3n) is 2.01. The van der Waals surface area contributed by atoms with Crippen LogP contribution in [-0.2, 0) is 11.0 Å². The van der Waals surface area contributed by atoms with Crippen LogP contribution in [0.4, 0.5) is 18.9 Å². The zero-order valence-electron chi connectivity index (χ0n) is 8.94. The van der Waals surface area contributed by atoms with Crippen molar-refractivity contribution < 1.29 is 28.0 Å². The normalized spacial score (nSPS) is 11.8. The standard InChI is InChI=1S/C10H5BrF3NO4/c11-9-5(1-2-8(16)17)3-6(10(12,13)14)4-7(9)15(18)19/h1-4H,(H,16,17)/b2-1+. The maximum atomic E-state index is 12.6. The molecule has 9 heteroatoms. The molecule has 0 fully saturated rings. The van der Waals surface area contributed by atoms with Crippen LogP contribution in [0.5, 0.6) is 0 Å². The quantitative estimate of drug-likeness (QED) is 0.519. The Morgan fingerprint density at radius 1 is 1.42 bits per heavy atom. The van der Waals surface area contributed by atoms with Gasteiger partial charge in [-0.2, -0.15) is 13.2 Å². The highest BCUT2D eigenvalue weighted by Gasteiger charge is 2.33. The van der Waals surface area contributed by atoms with E-state index in [4.69, 9.17) is 5.11 Å². The molecule has 102 valence electrons. The number of halogens is 4. The van der Waals surface area contributed by atoms with E-state index in [2.05, 4.69) is 15.9 Å². The van der Waals surface area contributed by atoms with Gasteiger partial charge < -0.3 is 5.11 Å². The van der Waals surface area contributed by atoms with Crippen LogP contribution in [0.2, 0.25) is 0 Å². The number of aliphatic carboxylic acids is 1. The summed E-state index contributed by atoms with van der Waals surface area (Å²) in [7, 11) is 0. The van der Waals surface area contributed by atoms with Crippen LogP contribution in [0.1, 0.15) is 11.1 Å². The first-order valence-corrected chi connectivity index (χ1v) is 5.38. The van der Waals surface area contributed by atoms with Crippen LogP contribution in [0.3, 0.4) is 0 Å². The van der Waals surface area contributed by atoms with Crippen molar-refractivity contribution in [3.05, 3.63) is 43.9 Å². The number of nitro benzene ring substituents is 1. The van der Waals surface area contributed by atoms with Crippen molar-refractivity contribution in [2.45, 2.75) is 6.18 Å². The molecule has 0 radical (unpaired) electrons. The molecule has 19 heavy (non-hydrogen) atoms. The lowest BCUT2D eigenvalue weighted by atomic mass is 10.1. The number of alkyl halides is 3. The van der Waals surface area contributed by atoms with Crippen LogP contribution in [0, 0.1) is 10.1 Å². The number of benzene rings is 1. The number of rotatable bonds is 3. The summed E-state index contributed by atoms with van der Waals surface area (Å²) in [6, 6.07) is 0.999. The third kappa shape index (κ3) is 3.78. The van der Waals surface area contributed by atoms with E-state index >= 15 is 0 Å². The number of hydrogen-bond donors (Lipinski definition) is 1. The molecular formula is C10H5BrF3NO4. The first kappa shape index (κ1) is 15.2. The molecule has 0 saturated carbocycles. The molecule has 1 aromatic rings. The summed E-state index contributed by atoms with van der Waals surface area (Å²) in [4.78, 5) is 20.0. The molecule has 1 rings (SSSR count). The molecule has 0 aliphatic rings. The van der Waals surface area contributed by atoms with E-state index in [1.54, 1.807) is 0 Å². The lowest BCUT2D eigenvalue weighted by Crippen LogP contribution is -2.07. The number of carboxylic acid groups (broad SMARTS) is 1. The smallest absolute Gasteiger partial charge is 0.416 e. The van der Waals surface area contributed by atoms with E-state index in [-0.39, 0.29) is 10.0 Å². The molecule has 1 aromatic carbocycles. The van der Waals surface area contributed by atoms with Gasteiger partial charge in [0, 0.05) is 12.1 Å². The number of hydrogen-bond acceptors (Lipinski definition) is 3. The average molecular weight is 340 g/mol. The van der Waals surface area contributed by atoms with Crippen LogP contribution in [-0.4, -0.2) is 16.0 Å². The molecule has 0 aromatic heterocycles. The highest BCUT2D eigenvalue weighted by atomic mass is 79.9. The van der Waals surface area contributed by atoms with Gasteiger partial charge in [0.1, 0.15) is 4.47 Å². The second kappa shape index (κ2) is 5.39. The second-order valence-electron chi connectivity index (χ2n) is 3.33. The van der Waals surface area contributed by atoms with Crippen molar-refractivity contribution in [3.63, 3.8) is 0 Å². The van der Waals surface area contributed by atoms with Crippen LogP contribution in [0.25, 0.3) is 6.08 Å². The average Bonchev–Trinajstić information content (AvgIpc) is 2.25. The summed E-state index contributed by atoms with van der Waals surface area (Å²) in [5, 5.41) is 19.1. The van der Waals surface area contributed by atoms with Crippen LogP contribution in [0.15, 0.2) is 22.7 Å². The topological polar surface area (TPSA) is 80.4 Å². The van der Waals surface area contributed by atoms with E-state index < -0.39 is 28.3 Å². The van der Waals surface area contributed by atoms with Gasteiger partial charge in [-0.15, -0.1) is 0 Å². The summed E-state index contributed by atoms with van der Waals surface area (Å²) in [6.45, 7) is 0. The van der Waals surface area contributed by atoms with Crippen molar-refractivity contribution in [1.29, 1.82) is 0 Å². The molecule has 0 spiro atoms. The summed E-state index contributed by atoms with van der Waals surface area (Å²) in [5.41, 5.74) is -2.27. The van der Waals surface area contributed by atoms with E-state index in [0.717, 1.165) is 6.08 Å². The van der Waals surface area contributed by atoms with Gasteiger partial charge in [-0.05, 0) is 33.6 Å². The van der Waals surface area contributed by atoms with Crippen LogP contribution < -0.4 is 0 Å². The van der Waals surface area contributed by atoms with E-state index in [1.165, 1.54) is 0 Å². The van der Waals surface area contributed by atoms with Gasteiger partial charge >= 0.3 is 12.1 Å². The predicted molar refractivity (Wildman–Crippen MR) is 62.5 cm³/mol. The Balaban J connectivity index is 3.49. The largest absolute Gasteiger partial charge is 0.478 e. The molecule has 0 amide bonds. The Morgan fingerprint density at radius 3 is 2.42 bits per heavy atom. The van der Waals surface area contributed by atoms with Gasteiger partial charge in [0.15, 0.2) is 0 Å². The molecule has 0 unspecified atom stereocenters. The predicted octanol–water partition coefficient (Wildman–Crippen LogP) is 3.47. The monoisotopic (exact) mass is 339 g/mol. The zero-order valence-corrected chi connectivity index (χ0v) is 10.5. The second-order valence-corrected chi connectivity index (χ2v) is 4.12. The van der Waals surface area contributed by atoms with E-state index in [0.29, 0.717) is 18.2 Å². The number of carbonyl (C=O) groups is 1. The van der Waals surface area contributed by atoms with Crippen molar-refractivity contribution in [3.8, 4) is 0 Å². The Hall–Kier alpha value is -1.90. The minimum Gasteiger partial charge on any atom is -0.478 e. The SMILES string of the molecule is O=C(O)/C=C/c1cc(C(F)(F)F)cc([N+](=O)[O-])c1Br. The third-order valence-corrected chi connectivity index (χ3v) is 2.88. The molecule has 0 saturated heterocycles. The van der Waals surface area contributed by atoms with Crippen LogP contribution >= 0.6 is 15.9 Å². The van der Waals surface area contributed by atoms with Gasteiger partial charge in [0.25, 0.3) is 5.69 Å². The molecule has 0 aliphatic heterocycles. The van der Waals surface area contributed by atoms with Gasteiger partial charge in [0.05, 0.1) is 10.5 Å². The molecule has 5 nitrogen and oxygen atoms in total. The summed E-state index contributed by atoms with van der Waals surface area (Å²) in [6.07, 6.45) is -3.34. The number of nitro groups is 1. The molecule has 0 atom stereocenters. The lowest BCUT2D eigenvalue weighted by molar-refractivity contribution is -0.385.